The van der Waals surface area contributed by atoms with Crippen molar-refractivity contribution < 1.29 is 29.7 Å². The minimum absolute atomic E-state index is 0.138. The van der Waals surface area contributed by atoms with Gasteiger partial charge in [0.05, 0.1) is 12.7 Å². The number of allylic oxidation sites excluding steroid dienone is 3. The minimum atomic E-state index is -1.41. The largest absolute Gasteiger partial charge is 0.480 e. The van der Waals surface area contributed by atoms with E-state index in [1.165, 1.54) is 7.05 Å². The summed E-state index contributed by atoms with van der Waals surface area (Å²) in [7, 11) is 1.33. The number of aliphatic hydroxyl groups excluding tert-OH is 2. The number of carbonyl (C=O) groups excluding carboxylic acids is 2. The number of hydrogen-bond acceptors (Lipinski definition) is 5. The number of nitrogens with zero attached hydrogens (tertiary/aromatic N) is 1. The van der Waals surface area contributed by atoms with Gasteiger partial charge in [-0.1, -0.05) is 44.1 Å². The number of fused-ring (bicyclic) bond motifs is 3. The van der Waals surface area contributed by atoms with Crippen molar-refractivity contribution in [1.82, 2.24) is 4.90 Å². The molecule has 0 heterocycles. The molecule has 0 bridgehead atoms. The molecule has 2 fully saturated rings. The number of rotatable bonds is 6. The number of carboxylic acid groups (broad SMARTS) is 1. The van der Waals surface area contributed by atoms with Crippen LogP contribution in [0.4, 0.5) is 0 Å². The van der Waals surface area contributed by atoms with Gasteiger partial charge in [0.1, 0.15) is 5.92 Å². The molecular weight excluding hydrogens is 410 g/mol. The first-order chi connectivity index (χ1) is 14.9. The van der Waals surface area contributed by atoms with Gasteiger partial charge in [0.25, 0.3) is 0 Å². The van der Waals surface area contributed by atoms with Crippen LogP contribution in [0.1, 0.15) is 47.0 Å². The van der Waals surface area contributed by atoms with E-state index in [9.17, 15) is 29.7 Å². The van der Waals surface area contributed by atoms with Crippen molar-refractivity contribution >= 4 is 17.7 Å². The summed E-state index contributed by atoms with van der Waals surface area (Å²) >= 11 is 0. The van der Waals surface area contributed by atoms with E-state index in [2.05, 4.69) is 13.0 Å². The van der Waals surface area contributed by atoms with Crippen molar-refractivity contribution in [3.8, 4) is 0 Å². The Morgan fingerprint density at radius 3 is 2.56 bits per heavy atom. The number of likely N-dealkylation sites (N-methyl/N-ethyl adjacent to an activating group) is 1. The normalized spacial score (nSPS) is 38.6. The molecule has 7 heteroatoms. The van der Waals surface area contributed by atoms with Crippen molar-refractivity contribution in [1.29, 1.82) is 0 Å². The van der Waals surface area contributed by atoms with Gasteiger partial charge in [-0.05, 0) is 50.4 Å². The van der Waals surface area contributed by atoms with Crippen molar-refractivity contribution in [2.45, 2.75) is 59.1 Å². The summed E-state index contributed by atoms with van der Waals surface area (Å²) in [5.41, 5.74) is 0.363. The fraction of sp³-hybridized carbons (Fsp3) is 0.720. The number of hydrogen-bond donors (Lipinski definition) is 3. The van der Waals surface area contributed by atoms with Gasteiger partial charge in [-0.3, -0.25) is 9.59 Å². The van der Waals surface area contributed by atoms with E-state index in [4.69, 9.17) is 0 Å². The average molecular weight is 448 g/mol. The lowest BCUT2D eigenvalue weighted by Gasteiger charge is -2.50. The van der Waals surface area contributed by atoms with Crippen molar-refractivity contribution in [2.75, 3.05) is 13.7 Å². The van der Waals surface area contributed by atoms with Crippen LogP contribution in [0.5, 0.6) is 0 Å². The fourth-order valence-corrected chi connectivity index (χ4v) is 6.77. The summed E-state index contributed by atoms with van der Waals surface area (Å²) in [6.45, 7) is 7.14. The summed E-state index contributed by atoms with van der Waals surface area (Å²) in [4.78, 5) is 40.1. The smallest absolute Gasteiger partial charge is 0.328 e. The molecule has 32 heavy (non-hydrogen) atoms. The molecule has 0 unspecified atom stereocenters. The number of carboxylic acids is 1. The Hall–Kier alpha value is -1.99. The van der Waals surface area contributed by atoms with E-state index in [1.54, 1.807) is 19.1 Å². The Balaban J connectivity index is 2.09. The van der Waals surface area contributed by atoms with Gasteiger partial charge in [0.2, 0.25) is 5.91 Å². The second-order valence-corrected chi connectivity index (χ2v) is 10.4. The number of amides is 1. The number of Topliss-reactive ketones (excluding diaryl/α,β-unsaturated/α-hetero) is 1. The van der Waals surface area contributed by atoms with E-state index in [0.29, 0.717) is 11.8 Å². The Labute approximate surface area is 190 Å². The van der Waals surface area contributed by atoms with Crippen LogP contribution in [-0.4, -0.2) is 63.7 Å². The second-order valence-electron chi connectivity index (χ2n) is 10.4. The number of ketones is 1. The zero-order chi connectivity index (χ0) is 24.0. The molecule has 0 saturated heterocycles. The van der Waals surface area contributed by atoms with E-state index in [1.807, 2.05) is 13.8 Å². The zero-order valence-electron chi connectivity index (χ0n) is 19.7. The molecule has 178 valence electrons. The molecule has 1 amide bonds. The van der Waals surface area contributed by atoms with Crippen LogP contribution in [0, 0.1) is 40.9 Å². The topological polar surface area (TPSA) is 115 Å². The number of carbonyl (C=O) groups is 3. The van der Waals surface area contributed by atoms with Crippen LogP contribution in [0.25, 0.3) is 0 Å². The lowest BCUT2D eigenvalue weighted by molar-refractivity contribution is -0.155. The van der Waals surface area contributed by atoms with Crippen molar-refractivity contribution in [3.05, 3.63) is 23.8 Å². The van der Waals surface area contributed by atoms with Crippen LogP contribution in [0.2, 0.25) is 0 Å². The molecule has 9 atom stereocenters. The maximum Gasteiger partial charge on any atom is 0.328 e. The maximum absolute atomic E-state index is 14.0. The predicted octanol–water partition coefficient (Wildman–Crippen LogP) is 2.28. The molecule has 2 saturated carbocycles. The van der Waals surface area contributed by atoms with E-state index < -0.39 is 47.9 Å². The lowest BCUT2D eigenvalue weighted by atomic mass is 9.53. The third-order valence-corrected chi connectivity index (χ3v) is 8.28. The molecule has 3 rings (SSSR count). The molecule has 0 radical (unpaired) electrons. The maximum atomic E-state index is 14.0. The molecule has 3 N–H and O–H groups in total. The summed E-state index contributed by atoms with van der Waals surface area (Å²) < 4.78 is 0. The molecule has 3 aliphatic rings. The van der Waals surface area contributed by atoms with Crippen LogP contribution >= 0.6 is 0 Å². The Morgan fingerprint density at radius 2 is 2.00 bits per heavy atom. The molecule has 0 aliphatic heterocycles. The third-order valence-electron chi connectivity index (χ3n) is 8.28. The Bertz CT molecular complexity index is 832. The third kappa shape index (κ3) is 3.94. The van der Waals surface area contributed by atoms with Crippen LogP contribution in [-0.2, 0) is 14.4 Å². The van der Waals surface area contributed by atoms with Crippen molar-refractivity contribution in [3.63, 3.8) is 0 Å². The Morgan fingerprint density at radius 1 is 1.34 bits per heavy atom. The molecule has 0 aromatic rings. The summed E-state index contributed by atoms with van der Waals surface area (Å²) in [6, 6.07) is -1.41. The minimum Gasteiger partial charge on any atom is -0.480 e. The SMILES string of the molecule is CC1=C[C@H]2C[C@@H](C)CC[C@@H]2[C@@]2(C)C(=O)[C@@H](C(=O)N(C)[C@H](CO)C(=O)O)[C@H](/C=C/[C@H](C)O)[C@@H]12. The van der Waals surface area contributed by atoms with Gasteiger partial charge < -0.3 is 20.2 Å². The Kier molecular flexibility index (Phi) is 7.01. The van der Waals surface area contributed by atoms with Gasteiger partial charge >= 0.3 is 5.97 Å². The standard InChI is InChI=1S/C25H37NO6/c1-13-6-9-18-16(10-13)11-14(2)21-17(8-7-15(3)28)20(22(29)25(18,21)4)23(30)26(5)19(12-27)24(31)32/h7-8,11,13,15-21,27-28H,6,9-10,12H2,1-5H3,(H,31,32)/b8-7+/t13-,15-,16+,17-,18-,19+,20-,21+,25+/m0/s1. The highest BCUT2D eigenvalue weighted by atomic mass is 16.4. The first-order valence-electron chi connectivity index (χ1n) is 11.6. The monoisotopic (exact) mass is 447 g/mol. The van der Waals surface area contributed by atoms with Gasteiger partial charge in [-0.2, -0.15) is 0 Å². The van der Waals surface area contributed by atoms with E-state index in [0.717, 1.165) is 29.7 Å². The summed E-state index contributed by atoms with van der Waals surface area (Å²) in [6.07, 6.45) is 7.92. The predicted molar refractivity (Wildman–Crippen MR) is 119 cm³/mol. The quantitative estimate of drug-likeness (QED) is 0.425. The van der Waals surface area contributed by atoms with Crippen LogP contribution < -0.4 is 0 Å². The molecule has 7 nitrogen and oxygen atoms in total. The molecule has 3 aliphatic carbocycles. The van der Waals surface area contributed by atoms with Crippen LogP contribution in [0.15, 0.2) is 23.8 Å². The zero-order valence-corrected chi connectivity index (χ0v) is 19.7. The number of aliphatic hydroxyl groups is 2. The highest BCUT2D eigenvalue weighted by Gasteiger charge is 2.65. The summed E-state index contributed by atoms with van der Waals surface area (Å²) in [5, 5.41) is 28.8. The molecule has 0 spiro atoms. The molecule has 0 aromatic carbocycles. The lowest BCUT2D eigenvalue weighted by Crippen LogP contribution is -2.50. The average Bonchev–Trinajstić information content (AvgIpc) is 2.93. The van der Waals surface area contributed by atoms with E-state index >= 15 is 0 Å². The van der Waals surface area contributed by atoms with E-state index in [-0.39, 0.29) is 17.6 Å². The van der Waals surface area contributed by atoms with Gasteiger partial charge in [-0.15, -0.1) is 0 Å². The second kappa shape index (κ2) is 9.10. The highest BCUT2D eigenvalue weighted by molar-refractivity contribution is 6.07. The first-order valence-corrected chi connectivity index (χ1v) is 11.6. The van der Waals surface area contributed by atoms with Crippen LogP contribution in [0.3, 0.4) is 0 Å². The molecular formula is C25H37NO6. The fourth-order valence-electron chi connectivity index (χ4n) is 6.77. The highest BCUT2D eigenvalue weighted by Crippen LogP contribution is 2.62. The van der Waals surface area contributed by atoms with Gasteiger partial charge in [0, 0.05) is 18.4 Å². The van der Waals surface area contributed by atoms with Crippen molar-refractivity contribution in [2.24, 2.45) is 40.9 Å². The molecule has 0 aromatic heterocycles. The number of aliphatic carboxylic acids is 1. The van der Waals surface area contributed by atoms with Gasteiger partial charge in [0.15, 0.2) is 11.8 Å². The first kappa shape index (κ1) is 24.6. The van der Waals surface area contributed by atoms with Gasteiger partial charge in [-0.25, -0.2) is 4.79 Å². The summed E-state index contributed by atoms with van der Waals surface area (Å²) in [5.74, 6) is -2.71.